The number of carbonyl (C=O) groups is 1. The molecule has 1 aliphatic rings. The monoisotopic (exact) mass is 337 g/mol. The van der Waals surface area contributed by atoms with E-state index in [0.29, 0.717) is 19.5 Å². The molecule has 8 heteroatoms. The van der Waals surface area contributed by atoms with Crippen molar-refractivity contribution in [3.05, 3.63) is 16.5 Å². The van der Waals surface area contributed by atoms with Crippen molar-refractivity contribution in [3.63, 3.8) is 0 Å². The maximum Gasteiger partial charge on any atom is 0.410 e. The Kier molecular flexibility index (Phi) is 4.05. The lowest BCUT2D eigenvalue weighted by atomic mass is 10.1. The molecule has 0 radical (unpaired) electrons. The highest BCUT2D eigenvalue weighted by Gasteiger charge is 2.28. The minimum absolute atomic E-state index is 0.134. The third-order valence-corrected chi connectivity index (χ3v) is 5.99. The zero-order valence-corrected chi connectivity index (χ0v) is 13.9. The van der Waals surface area contributed by atoms with Crippen LogP contribution in [0.4, 0.5) is 4.79 Å². The van der Waals surface area contributed by atoms with Gasteiger partial charge in [-0.25, -0.2) is 13.2 Å². The molecular formula is C12H16ClNO4S2. The molecule has 0 saturated heterocycles. The summed E-state index contributed by atoms with van der Waals surface area (Å²) in [5.74, 6) is 0. The lowest BCUT2D eigenvalue weighted by molar-refractivity contribution is 0.0226. The number of ether oxygens (including phenoxy) is 1. The maximum atomic E-state index is 12.0. The number of hydrogen-bond donors (Lipinski definition) is 0. The quantitative estimate of drug-likeness (QED) is 0.739. The second-order valence-corrected chi connectivity index (χ2v) is 9.53. The van der Waals surface area contributed by atoms with Crippen LogP contribution in [0, 0.1) is 0 Å². The van der Waals surface area contributed by atoms with Gasteiger partial charge in [0.25, 0.3) is 9.05 Å². The summed E-state index contributed by atoms with van der Waals surface area (Å²) in [6.07, 6.45) is 0.226. The molecule has 0 bridgehead atoms. The smallest absolute Gasteiger partial charge is 0.410 e. The third kappa shape index (κ3) is 3.65. The largest absolute Gasteiger partial charge is 0.444 e. The first-order chi connectivity index (χ1) is 9.06. The molecule has 1 aromatic rings. The summed E-state index contributed by atoms with van der Waals surface area (Å²) >= 11 is 1.11. The van der Waals surface area contributed by atoms with Gasteiger partial charge in [0.05, 0.1) is 6.54 Å². The molecule has 0 unspecified atom stereocenters. The third-order valence-electron chi connectivity index (χ3n) is 2.75. The summed E-state index contributed by atoms with van der Waals surface area (Å²) in [5.41, 5.74) is 0.395. The lowest BCUT2D eigenvalue weighted by Crippen LogP contribution is -2.39. The van der Waals surface area contributed by atoms with Crippen LogP contribution >= 0.6 is 22.0 Å². The summed E-state index contributed by atoms with van der Waals surface area (Å²) in [5, 5.41) is 0. The van der Waals surface area contributed by atoms with E-state index in [1.807, 2.05) is 20.8 Å². The fourth-order valence-electron chi connectivity index (χ4n) is 1.89. The average Bonchev–Trinajstić information content (AvgIpc) is 2.68. The van der Waals surface area contributed by atoms with E-state index in [9.17, 15) is 13.2 Å². The number of rotatable bonds is 1. The van der Waals surface area contributed by atoms with Gasteiger partial charge in [0.2, 0.25) is 0 Å². The molecule has 1 amide bonds. The number of thiophene rings is 1. The Labute approximate surface area is 126 Å². The molecular weight excluding hydrogens is 322 g/mol. The Balaban J connectivity index is 2.15. The van der Waals surface area contributed by atoms with Crippen molar-refractivity contribution in [3.8, 4) is 0 Å². The molecule has 20 heavy (non-hydrogen) atoms. The van der Waals surface area contributed by atoms with E-state index in [1.54, 1.807) is 11.0 Å². The predicted octanol–water partition coefficient (Wildman–Crippen LogP) is 2.97. The Morgan fingerprint density at radius 2 is 2.10 bits per heavy atom. The Hall–Kier alpha value is -0.790. The van der Waals surface area contributed by atoms with Gasteiger partial charge < -0.3 is 9.64 Å². The van der Waals surface area contributed by atoms with Crippen molar-refractivity contribution in [2.45, 2.75) is 43.5 Å². The molecule has 1 aromatic heterocycles. The lowest BCUT2D eigenvalue weighted by Gasteiger charge is -2.29. The number of fused-ring (bicyclic) bond motifs is 1. The van der Waals surface area contributed by atoms with E-state index in [0.717, 1.165) is 21.8 Å². The zero-order valence-electron chi connectivity index (χ0n) is 11.5. The van der Waals surface area contributed by atoms with E-state index in [1.165, 1.54) is 0 Å². The Bertz CT molecular complexity index is 630. The van der Waals surface area contributed by atoms with Gasteiger partial charge in [-0.1, -0.05) is 0 Å². The van der Waals surface area contributed by atoms with Crippen molar-refractivity contribution in [1.82, 2.24) is 4.90 Å². The molecule has 0 spiro atoms. The topological polar surface area (TPSA) is 63.7 Å². The van der Waals surface area contributed by atoms with Gasteiger partial charge in [-0.15, -0.1) is 11.3 Å². The van der Waals surface area contributed by atoms with Crippen molar-refractivity contribution < 1.29 is 17.9 Å². The van der Waals surface area contributed by atoms with Crippen LogP contribution in [-0.2, 0) is 26.8 Å². The molecule has 5 nitrogen and oxygen atoms in total. The van der Waals surface area contributed by atoms with Crippen molar-refractivity contribution in [2.75, 3.05) is 6.54 Å². The highest BCUT2D eigenvalue weighted by Crippen LogP contribution is 2.33. The van der Waals surface area contributed by atoms with Gasteiger partial charge in [-0.2, -0.15) is 0 Å². The first-order valence-electron chi connectivity index (χ1n) is 6.10. The van der Waals surface area contributed by atoms with E-state index in [4.69, 9.17) is 15.4 Å². The van der Waals surface area contributed by atoms with Crippen molar-refractivity contribution in [1.29, 1.82) is 0 Å². The Morgan fingerprint density at radius 3 is 2.65 bits per heavy atom. The zero-order chi connectivity index (χ0) is 15.1. The number of nitrogens with zero attached hydrogens (tertiary/aromatic N) is 1. The first-order valence-corrected chi connectivity index (χ1v) is 9.23. The van der Waals surface area contributed by atoms with Crippen LogP contribution in [0.15, 0.2) is 10.3 Å². The van der Waals surface area contributed by atoms with E-state index < -0.39 is 14.7 Å². The van der Waals surface area contributed by atoms with Crippen molar-refractivity contribution in [2.24, 2.45) is 0 Å². The fraction of sp³-hybridized carbons (Fsp3) is 0.583. The van der Waals surface area contributed by atoms with Crippen LogP contribution in [0.1, 0.15) is 31.2 Å². The highest BCUT2D eigenvalue weighted by molar-refractivity contribution is 8.15. The number of hydrogen-bond acceptors (Lipinski definition) is 5. The summed E-state index contributed by atoms with van der Waals surface area (Å²) in [6, 6.07) is 1.59. The van der Waals surface area contributed by atoms with Crippen LogP contribution < -0.4 is 0 Å². The van der Waals surface area contributed by atoms with Crippen LogP contribution in [-0.4, -0.2) is 31.6 Å². The van der Waals surface area contributed by atoms with Crippen LogP contribution in [0.2, 0.25) is 0 Å². The van der Waals surface area contributed by atoms with Gasteiger partial charge >= 0.3 is 6.09 Å². The van der Waals surface area contributed by atoms with Crippen LogP contribution in [0.25, 0.3) is 0 Å². The fourth-order valence-corrected chi connectivity index (χ4v) is 4.25. The Morgan fingerprint density at radius 1 is 1.45 bits per heavy atom. The van der Waals surface area contributed by atoms with Crippen molar-refractivity contribution >= 4 is 37.2 Å². The average molecular weight is 338 g/mol. The van der Waals surface area contributed by atoms with Crippen LogP contribution in [0.3, 0.4) is 0 Å². The van der Waals surface area contributed by atoms with Gasteiger partial charge in [-0.3, -0.25) is 0 Å². The van der Waals surface area contributed by atoms with Gasteiger partial charge in [0, 0.05) is 22.1 Å². The SMILES string of the molecule is CC(C)(C)OC(=O)N1CCc2cc(S(=O)(=O)Cl)sc2C1. The normalized spacial score (nSPS) is 15.9. The second-order valence-electron chi connectivity index (χ2n) is 5.60. The molecule has 0 aliphatic carbocycles. The van der Waals surface area contributed by atoms with E-state index >= 15 is 0 Å². The molecule has 0 saturated carbocycles. The van der Waals surface area contributed by atoms with Gasteiger partial charge in [-0.05, 0) is 38.8 Å². The summed E-state index contributed by atoms with van der Waals surface area (Å²) in [4.78, 5) is 14.4. The van der Waals surface area contributed by atoms with Crippen LogP contribution in [0.5, 0.6) is 0 Å². The highest BCUT2D eigenvalue weighted by atomic mass is 35.7. The summed E-state index contributed by atoms with van der Waals surface area (Å²) in [6.45, 7) is 6.30. The minimum Gasteiger partial charge on any atom is -0.444 e. The molecule has 1 aliphatic heterocycles. The number of halogens is 1. The molecule has 0 aromatic carbocycles. The molecule has 0 atom stereocenters. The molecule has 2 rings (SSSR count). The minimum atomic E-state index is -3.71. The molecule has 0 fully saturated rings. The molecule has 2 heterocycles. The van der Waals surface area contributed by atoms with E-state index in [-0.39, 0.29) is 10.3 Å². The standard InChI is InChI=1S/C12H16ClNO4S2/c1-12(2,3)18-11(15)14-5-4-8-6-10(20(13,16)17)19-9(8)7-14/h6H,4-5,7H2,1-3H3. The molecule has 112 valence electrons. The van der Waals surface area contributed by atoms with Gasteiger partial charge in [0.1, 0.15) is 9.81 Å². The van der Waals surface area contributed by atoms with E-state index in [2.05, 4.69) is 0 Å². The maximum absolute atomic E-state index is 12.0. The number of carbonyl (C=O) groups excluding carboxylic acids is 1. The second kappa shape index (κ2) is 5.20. The summed E-state index contributed by atoms with van der Waals surface area (Å²) < 4.78 is 28.1. The van der Waals surface area contributed by atoms with Gasteiger partial charge in [0.15, 0.2) is 0 Å². The predicted molar refractivity (Wildman–Crippen MR) is 77.7 cm³/mol. The first kappa shape index (κ1) is 15.6. The summed E-state index contributed by atoms with van der Waals surface area (Å²) in [7, 11) is 1.63. The number of amides is 1. The molecule has 0 N–H and O–H groups in total.